The van der Waals surface area contributed by atoms with Crippen molar-refractivity contribution in [2.24, 2.45) is 5.92 Å². The second kappa shape index (κ2) is 5.70. The molecule has 1 heterocycles. The van der Waals surface area contributed by atoms with Crippen LogP contribution in [0.15, 0.2) is 30.5 Å². The van der Waals surface area contributed by atoms with Gasteiger partial charge in [-0.3, -0.25) is 0 Å². The fraction of sp³-hybridized carbons (Fsp3) is 0.471. The number of fused-ring (bicyclic) bond motifs is 1. The van der Waals surface area contributed by atoms with Crippen molar-refractivity contribution in [3.05, 3.63) is 36.0 Å². The third-order valence-corrected chi connectivity index (χ3v) is 4.22. The SMILES string of the molecule is C[C@@H]1CCCC[C@H](OC(=O)c2c[nH]c3ccccc23)C1. The van der Waals surface area contributed by atoms with Crippen LogP contribution in [0.1, 0.15) is 49.4 Å². The summed E-state index contributed by atoms with van der Waals surface area (Å²) in [4.78, 5) is 15.5. The topological polar surface area (TPSA) is 42.1 Å². The van der Waals surface area contributed by atoms with Crippen molar-refractivity contribution < 1.29 is 9.53 Å². The molecule has 0 amide bonds. The molecule has 1 aliphatic rings. The van der Waals surface area contributed by atoms with Gasteiger partial charge in [-0.25, -0.2) is 4.79 Å². The molecule has 2 aromatic rings. The molecule has 1 fully saturated rings. The van der Waals surface area contributed by atoms with E-state index in [0.29, 0.717) is 11.5 Å². The molecule has 20 heavy (non-hydrogen) atoms. The summed E-state index contributed by atoms with van der Waals surface area (Å²) in [5.74, 6) is 0.458. The van der Waals surface area contributed by atoms with Gasteiger partial charge in [0.1, 0.15) is 6.10 Å². The molecule has 3 rings (SSSR count). The Kier molecular flexibility index (Phi) is 3.77. The molecule has 0 saturated heterocycles. The summed E-state index contributed by atoms with van der Waals surface area (Å²) < 4.78 is 5.74. The van der Waals surface area contributed by atoms with Crippen LogP contribution in [0.2, 0.25) is 0 Å². The van der Waals surface area contributed by atoms with Crippen LogP contribution in [0.3, 0.4) is 0 Å². The molecular weight excluding hydrogens is 250 g/mol. The first-order valence-corrected chi connectivity index (χ1v) is 7.51. The van der Waals surface area contributed by atoms with Gasteiger partial charge in [0.25, 0.3) is 0 Å². The van der Waals surface area contributed by atoms with Gasteiger partial charge in [0.15, 0.2) is 0 Å². The quantitative estimate of drug-likeness (QED) is 0.654. The number of hydrogen-bond donors (Lipinski definition) is 1. The van der Waals surface area contributed by atoms with Gasteiger partial charge in [0.05, 0.1) is 5.56 Å². The number of aromatic amines is 1. The van der Waals surface area contributed by atoms with Crippen molar-refractivity contribution in [3.8, 4) is 0 Å². The molecule has 0 aliphatic heterocycles. The molecule has 106 valence electrons. The molecule has 1 N–H and O–H groups in total. The average molecular weight is 271 g/mol. The Morgan fingerprint density at radius 1 is 1.25 bits per heavy atom. The van der Waals surface area contributed by atoms with Crippen molar-refractivity contribution in [1.82, 2.24) is 4.98 Å². The van der Waals surface area contributed by atoms with Crippen LogP contribution in [0, 0.1) is 5.92 Å². The van der Waals surface area contributed by atoms with Crippen molar-refractivity contribution in [3.63, 3.8) is 0 Å². The maximum Gasteiger partial charge on any atom is 0.340 e. The van der Waals surface area contributed by atoms with E-state index in [1.807, 2.05) is 24.3 Å². The number of carbonyl (C=O) groups excluding carboxylic acids is 1. The van der Waals surface area contributed by atoms with Gasteiger partial charge < -0.3 is 9.72 Å². The molecule has 1 aliphatic carbocycles. The van der Waals surface area contributed by atoms with Crippen molar-refractivity contribution in [2.75, 3.05) is 0 Å². The maximum absolute atomic E-state index is 12.4. The van der Waals surface area contributed by atoms with E-state index in [1.165, 1.54) is 12.8 Å². The fourth-order valence-electron chi connectivity index (χ4n) is 3.11. The second-order valence-electron chi connectivity index (χ2n) is 5.90. The molecule has 0 unspecified atom stereocenters. The van der Waals surface area contributed by atoms with Gasteiger partial charge in [0.2, 0.25) is 0 Å². The van der Waals surface area contributed by atoms with Crippen LogP contribution in [0.25, 0.3) is 10.9 Å². The van der Waals surface area contributed by atoms with Crippen molar-refractivity contribution >= 4 is 16.9 Å². The highest BCUT2D eigenvalue weighted by molar-refractivity contribution is 6.04. The van der Waals surface area contributed by atoms with Crippen molar-refractivity contribution in [2.45, 2.75) is 45.1 Å². The zero-order valence-electron chi connectivity index (χ0n) is 11.9. The molecule has 1 saturated carbocycles. The van der Waals surface area contributed by atoms with Crippen molar-refractivity contribution in [1.29, 1.82) is 0 Å². The molecule has 0 bridgehead atoms. The van der Waals surface area contributed by atoms with E-state index in [1.54, 1.807) is 6.20 Å². The molecular formula is C17H21NO2. The molecule has 1 aromatic heterocycles. The number of benzene rings is 1. The Hall–Kier alpha value is -1.77. The highest BCUT2D eigenvalue weighted by Crippen LogP contribution is 2.26. The minimum Gasteiger partial charge on any atom is -0.459 e. The lowest BCUT2D eigenvalue weighted by atomic mass is 10.0. The number of carbonyl (C=O) groups is 1. The van der Waals surface area contributed by atoms with Gasteiger partial charge >= 0.3 is 5.97 Å². The minimum atomic E-state index is -0.193. The van der Waals surface area contributed by atoms with Gasteiger partial charge in [0, 0.05) is 17.1 Å². The number of H-pyrrole nitrogens is 1. The smallest absolute Gasteiger partial charge is 0.340 e. The minimum absolute atomic E-state index is 0.0775. The molecule has 2 atom stereocenters. The normalized spacial score (nSPS) is 23.4. The van der Waals surface area contributed by atoms with E-state index in [2.05, 4.69) is 11.9 Å². The first kappa shape index (κ1) is 13.2. The Bertz CT molecular complexity index is 602. The Balaban J connectivity index is 1.75. The molecule has 3 nitrogen and oxygen atoms in total. The molecule has 0 spiro atoms. The maximum atomic E-state index is 12.4. The summed E-state index contributed by atoms with van der Waals surface area (Å²) in [6, 6.07) is 7.83. The van der Waals surface area contributed by atoms with Crippen LogP contribution >= 0.6 is 0 Å². The third kappa shape index (κ3) is 2.72. The van der Waals surface area contributed by atoms with E-state index in [-0.39, 0.29) is 12.1 Å². The number of hydrogen-bond acceptors (Lipinski definition) is 2. The van der Waals surface area contributed by atoms with Crippen LogP contribution in [-0.4, -0.2) is 17.1 Å². The van der Waals surface area contributed by atoms with E-state index in [4.69, 9.17) is 4.74 Å². The number of nitrogens with one attached hydrogen (secondary N) is 1. The van der Waals surface area contributed by atoms with Gasteiger partial charge in [-0.05, 0) is 31.2 Å². The number of esters is 1. The van der Waals surface area contributed by atoms with Crippen LogP contribution in [0.4, 0.5) is 0 Å². The predicted molar refractivity (Wildman–Crippen MR) is 79.8 cm³/mol. The lowest BCUT2D eigenvalue weighted by molar-refractivity contribution is 0.0245. The monoisotopic (exact) mass is 271 g/mol. The highest BCUT2D eigenvalue weighted by atomic mass is 16.5. The van der Waals surface area contributed by atoms with Crippen LogP contribution in [-0.2, 0) is 4.74 Å². The number of para-hydroxylation sites is 1. The first-order valence-electron chi connectivity index (χ1n) is 7.51. The van der Waals surface area contributed by atoms with Crippen LogP contribution < -0.4 is 0 Å². The number of aromatic nitrogens is 1. The van der Waals surface area contributed by atoms with Gasteiger partial charge in [-0.2, -0.15) is 0 Å². The molecule has 0 radical (unpaired) electrons. The summed E-state index contributed by atoms with van der Waals surface area (Å²) >= 11 is 0. The zero-order valence-corrected chi connectivity index (χ0v) is 11.9. The van der Waals surface area contributed by atoms with E-state index in [9.17, 15) is 4.79 Å². The second-order valence-corrected chi connectivity index (χ2v) is 5.90. The summed E-state index contributed by atoms with van der Waals surface area (Å²) in [7, 11) is 0. The Labute approximate surface area is 119 Å². The van der Waals surface area contributed by atoms with Gasteiger partial charge in [-0.15, -0.1) is 0 Å². The molecule has 3 heteroatoms. The van der Waals surface area contributed by atoms with E-state index < -0.39 is 0 Å². The fourth-order valence-corrected chi connectivity index (χ4v) is 3.11. The third-order valence-electron chi connectivity index (χ3n) is 4.22. The standard InChI is InChI=1S/C17H21NO2/c1-12-6-2-3-7-13(10-12)20-17(19)15-11-18-16-9-5-4-8-14(15)16/h4-5,8-9,11-13,18H,2-3,6-7,10H2,1H3/t12-,13+/m1/s1. The summed E-state index contributed by atoms with van der Waals surface area (Å²) in [5.41, 5.74) is 1.63. The zero-order chi connectivity index (χ0) is 13.9. The average Bonchev–Trinajstić information content (AvgIpc) is 2.77. The number of ether oxygens (including phenoxy) is 1. The predicted octanol–water partition coefficient (Wildman–Crippen LogP) is 4.29. The van der Waals surface area contributed by atoms with E-state index >= 15 is 0 Å². The summed E-state index contributed by atoms with van der Waals surface area (Å²) in [6.07, 6.45) is 7.49. The highest BCUT2D eigenvalue weighted by Gasteiger charge is 2.22. The number of rotatable bonds is 2. The van der Waals surface area contributed by atoms with Crippen LogP contribution in [0.5, 0.6) is 0 Å². The lowest BCUT2D eigenvalue weighted by Gasteiger charge is -2.17. The summed E-state index contributed by atoms with van der Waals surface area (Å²) in [6.45, 7) is 2.25. The summed E-state index contributed by atoms with van der Waals surface area (Å²) in [5, 5.41) is 0.944. The molecule has 1 aromatic carbocycles. The van der Waals surface area contributed by atoms with E-state index in [0.717, 1.165) is 30.2 Å². The lowest BCUT2D eigenvalue weighted by Crippen LogP contribution is -2.19. The first-order chi connectivity index (χ1) is 9.74. The Morgan fingerprint density at radius 2 is 2.05 bits per heavy atom. The Morgan fingerprint density at radius 3 is 2.95 bits per heavy atom. The van der Waals surface area contributed by atoms with Gasteiger partial charge in [-0.1, -0.05) is 38.0 Å². The largest absolute Gasteiger partial charge is 0.459 e.